The number of alkyl halides is 3. The number of allylic oxidation sites excluding steroid dienone is 1. The highest BCUT2D eigenvalue weighted by atomic mass is 32.2. The summed E-state index contributed by atoms with van der Waals surface area (Å²) in [7, 11) is 0. The Bertz CT molecular complexity index is 715. The number of benzene rings is 1. The maximum Gasteiger partial charge on any atom is 0.416 e. The molecule has 23 heavy (non-hydrogen) atoms. The quantitative estimate of drug-likeness (QED) is 0.853. The smallest absolute Gasteiger partial charge is 0.387 e. The SMILES string of the molecule is C=CCC1(Cn2ccnc2)Sc2ccc(C(F)(F)F)cc2C1O. The van der Waals surface area contributed by atoms with Crippen molar-refractivity contribution in [1.29, 1.82) is 0 Å². The summed E-state index contributed by atoms with van der Waals surface area (Å²) in [4.78, 5) is 4.65. The van der Waals surface area contributed by atoms with Gasteiger partial charge in [-0.25, -0.2) is 4.98 Å². The molecule has 1 aromatic carbocycles. The van der Waals surface area contributed by atoms with Crippen LogP contribution in [-0.2, 0) is 12.7 Å². The summed E-state index contributed by atoms with van der Waals surface area (Å²) in [6.07, 6.45) is 1.74. The number of aliphatic hydroxyl groups excluding tert-OH is 1. The van der Waals surface area contributed by atoms with Crippen molar-refractivity contribution in [3.63, 3.8) is 0 Å². The summed E-state index contributed by atoms with van der Waals surface area (Å²) in [5.74, 6) is 0. The topological polar surface area (TPSA) is 38.0 Å². The van der Waals surface area contributed by atoms with E-state index in [1.165, 1.54) is 17.8 Å². The van der Waals surface area contributed by atoms with E-state index in [9.17, 15) is 18.3 Å². The van der Waals surface area contributed by atoms with Crippen molar-refractivity contribution < 1.29 is 18.3 Å². The number of aliphatic hydroxyl groups is 1. The third-order valence-corrected chi connectivity index (χ3v) is 5.46. The van der Waals surface area contributed by atoms with E-state index in [4.69, 9.17) is 0 Å². The van der Waals surface area contributed by atoms with E-state index in [1.54, 1.807) is 24.8 Å². The number of hydrogen-bond acceptors (Lipinski definition) is 3. The van der Waals surface area contributed by atoms with E-state index in [1.807, 2.05) is 4.57 Å². The molecule has 0 saturated carbocycles. The van der Waals surface area contributed by atoms with Gasteiger partial charge in [-0.3, -0.25) is 0 Å². The minimum Gasteiger partial charge on any atom is -0.387 e. The standard InChI is InChI=1S/C16H15F3N2OS/c1-2-5-15(9-21-7-6-20-10-21)14(22)12-8-11(16(17,18)19)3-4-13(12)23-15/h2-4,6-8,10,14,22H,1,5,9H2. The minimum absolute atomic E-state index is 0.326. The molecule has 2 atom stereocenters. The summed E-state index contributed by atoms with van der Waals surface area (Å²) in [5, 5.41) is 10.7. The molecule has 0 saturated heterocycles. The van der Waals surface area contributed by atoms with Crippen molar-refractivity contribution in [3.05, 3.63) is 60.7 Å². The van der Waals surface area contributed by atoms with Gasteiger partial charge in [-0.05, 0) is 30.2 Å². The molecule has 2 heterocycles. The Hall–Kier alpha value is -1.73. The number of halogens is 3. The molecule has 0 fully saturated rings. The third-order valence-electron chi connectivity index (χ3n) is 3.94. The van der Waals surface area contributed by atoms with Gasteiger partial charge in [0.05, 0.1) is 22.7 Å². The molecule has 1 N–H and O–H groups in total. The van der Waals surface area contributed by atoms with Gasteiger partial charge in [-0.1, -0.05) is 6.08 Å². The predicted octanol–water partition coefficient (Wildman–Crippen LogP) is 4.06. The Kier molecular flexibility index (Phi) is 4.01. The first-order valence-corrected chi connectivity index (χ1v) is 7.82. The van der Waals surface area contributed by atoms with Crippen LogP contribution in [0.2, 0.25) is 0 Å². The number of aromatic nitrogens is 2. The summed E-state index contributed by atoms with van der Waals surface area (Å²) >= 11 is 1.40. The average molecular weight is 340 g/mol. The normalized spacial score (nSPS) is 23.7. The molecule has 2 unspecified atom stereocenters. The highest BCUT2D eigenvalue weighted by Crippen LogP contribution is 2.55. The summed E-state index contributed by atoms with van der Waals surface area (Å²) in [6.45, 7) is 4.15. The fourth-order valence-electron chi connectivity index (χ4n) is 2.86. The Morgan fingerprint density at radius 1 is 1.43 bits per heavy atom. The molecule has 0 radical (unpaired) electrons. The van der Waals surface area contributed by atoms with Gasteiger partial charge in [0.2, 0.25) is 0 Å². The van der Waals surface area contributed by atoms with E-state index < -0.39 is 22.6 Å². The number of nitrogens with zero attached hydrogens (tertiary/aromatic N) is 2. The van der Waals surface area contributed by atoms with Crippen molar-refractivity contribution in [2.45, 2.75) is 34.9 Å². The number of imidazole rings is 1. The summed E-state index contributed by atoms with van der Waals surface area (Å²) in [5.41, 5.74) is -0.417. The molecule has 1 aliphatic rings. The van der Waals surface area contributed by atoms with E-state index >= 15 is 0 Å². The van der Waals surface area contributed by atoms with Crippen molar-refractivity contribution in [2.24, 2.45) is 0 Å². The van der Waals surface area contributed by atoms with Gasteiger partial charge in [-0.15, -0.1) is 18.3 Å². The molecule has 3 nitrogen and oxygen atoms in total. The number of thioether (sulfide) groups is 1. The van der Waals surface area contributed by atoms with Crippen LogP contribution in [0.4, 0.5) is 13.2 Å². The van der Waals surface area contributed by atoms with Crippen LogP contribution in [0.15, 0.2) is 54.5 Å². The fourth-order valence-corrected chi connectivity index (χ4v) is 4.38. The van der Waals surface area contributed by atoms with Crippen LogP contribution < -0.4 is 0 Å². The Balaban J connectivity index is 1.99. The zero-order valence-corrected chi connectivity index (χ0v) is 12.9. The van der Waals surface area contributed by atoms with Crippen LogP contribution in [0.25, 0.3) is 0 Å². The molecule has 0 spiro atoms. The Labute approximate surface area is 135 Å². The van der Waals surface area contributed by atoms with E-state index in [0.717, 1.165) is 12.1 Å². The van der Waals surface area contributed by atoms with Crippen LogP contribution in [-0.4, -0.2) is 19.4 Å². The molecule has 2 aromatic rings. The molecule has 1 aliphatic heterocycles. The van der Waals surface area contributed by atoms with Crippen molar-refractivity contribution >= 4 is 11.8 Å². The van der Waals surface area contributed by atoms with Gasteiger partial charge in [0.25, 0.3) is 0 Å². The number of rotatable bonds is 4. The molecule has 122 valence electrons. The second-order valence-corrected chi connectivity index (χ2v) is 7.00. The zero-order valence-electron chi connectivity index (χ0n) is 12.1. The lowest BCUT2D eigenvalue weighted by atomic mass is 9.91. The molecular formula is C16H15F3N2OS. The van der Waals surface area contributed by atoms with Crippen molar-refractivity contribution in [3.8, 4) is 0 Å². The lowest BCUT2D eigenvalue weighted by molar-refractivity contribution is -0.137. The van der Waals surface area contributed by atoms with Crippen LogP contribution in [0.5, 0.6) is 0 Å². The molecule has 7 heteroatoms. The van der Waals surface area contributed by atoms with Crippen molar-refractivity contribution in [1.82, 2.24) is 9.55 Å². The lowest BCUT2D eigenvalue weighted by Crippen LogP contribution is -2.33. The zero-order chi connectivity index (χ0) is 16.7. The second-order valence-electron chi connectivity index (χ2n) is 5.55. The monoisotopic (exact) mass is 340 g/mol. The summed E-state index contributed by atoms with van der Waals surface area (Å²) in [6, 6.07) is 3.54. The van der Waals surface area contributed by atoms with Gasteiger partial charge < -0.3 is 9.67 Å². The highest BCUT2D eigenvalue weighted by molar-refractivity contribution is 8.01. The molecular weight excluding hydrogens is 325 g/mol. The van der Waals surface area contributed by atoms with E-state index in [0.29, 0.717) is 23.4 Å². The molecule has 0 aliphatic carbocycles. The Morgan fingerprint density at radius 2 is 2.22 bits per heavy atom. The maximum absolute atomic E-state index is 12.9. The molecule has 1 aromatic heterocycles. The van der Waals surface area contributed by atoms with Crippen molar-refractivity contribution in [2.75, 3.05) is 0 Å². The predicted molar refractivity (Wildman–Crippen MR) is 82.0 cm³/mol. The summed E-state index contributed by atoms with van der Waals surface area (Å²) < 4.78 is 39.9. The van der Waals surface area contributed by atoms with Crippen LogP contribution in [0.1, 0.15) is 23.7 Å². The largest absolute Gasteiger partial charge is 0.416 e. The van der Waals surface area contributed by atoms with Crippen LogP contribution in [0, 0.1) is 0 Å². The lowest BCUT2D eigenvalue weighted by Gasteiger charge is -2.31. The third kappa shape index (κ3) is 2.90. The first kappa shape index (κ1) is 16.1. The van der Waals surface area contributed by atoms with Gasteiger partial charge >= 0.3 is 6.18 Å². The van der Waals surface area contributed by atoms with E-state index in [2.05, 4.69) is 11.6 Å². The number of fused-ring (bicyclic) bond motifs is 1. The highest BCUT2D eigenvalue weighted by Gasteiger charge is 2.47. The van der Waals surface area contributed by atoms with Crippen LogP contribution >= 0.6 is 11.8 Å². The fraction of sp³-hybridized carbons (Fsp3) is 0.312. The van der Waals surface area contributed by atoms with Gasteiger partial charge in [0, 0.05) is 23.8 Å². The van der Waals surface area contributed by atoms with E-state index in [-0.39, 0.29) is 0 Å². The molecule has 3 rings (SSSR count). The van der Waals surface area contributed by atoms with Gasteiger partial charge in [0.1, 0.15) is 0 Å². The van der Waals surface area contributed by atoms with Gasteiger partial charge in [-0.2, -0.15) is 13.2 Å². The molecule has 0 amide bonds. The first-order valence-electron chi connectivity index (χ1n) is 7.00. The molecule has 0 bridgehead atoms. The minimum atomic E-state index is -4.42. The van der Waals surface area contributed by atoms with Crippen LogP contribution in [0.3, 0.4) is 0 Å². The Morgan fingerprint density at radius 3 is 2.83 bits per heavy atom. The van der Waals surface area contributed by atoms with Gasteiger partial charge in [0.15, 0.2) is 0 Å². The first-order chi connectivity index (χ1) is 10.9. The number of hydrogen-bond donors (Lipinski definition) is 1. The maximum atomic E-state index is 12.9. The second kappa shape index (κ2) is 5.72. The average Bonchev–Trinajstić information content (AvgIpc) is 3.06.